The molecule has 8 rings (SSSR count). The van der Waals surface area contributed by atoms with Gasteiger partial charge in [0, 0.05) is 142 Å². The maximum absolute atomic E-state index is 12.5. The molecular weight excluding hydrogens is 1270 g/mol. The number of anilines is 4. The largest absolute Gasteiger partial charge is 0.533 e. The second kappa shape index (κ2) is 38.5. The van der Waals surface area contributed by atoms with Crippen molar-refractivity contribution < 1.29 is 118 Å². The highest BCUT2D eigenvalue weighted by atomic mass is 32.2. The second-order valence-electron chi connectivity index (χ2n) is 21.3. The zero-order valence-corrected chi connectivity index (χ0v) is 54.0. The van der Waals surface area contributed by atoms with E-state index in [0.717, 1.165) is 44.5 Å². The molecule has 516 valence electrons. The average Bonchev–Trinajstić information content (AvgIpc) is 1.61. The lowest BCUT2D eigenvalue weighted by Gasteiger charge is -2.17. The standard InChI is InChI=1S/2C31H37N3O11.CH4O3S/c2*1-40-11-3-13-42-18-27(35)32-20-5-7-22-23-8-6-21(33-28(36)19-43-14-4-12-41-2)16-25(23)26(24(22)15-20)17-44-31(39)45-34-29(37)9-10-30(34)38;1-5(2,3)4/h2*5-8,15-16,26H,3-4,9-14,17-19H2,1-2H3,(H,32,35)(H,33,36);1H3,(H,2,3,4). The van der Waals surface area contributed by atoms with Gasteiger partial charge in [-0.3, -0.25) is 52.6 Å². The molecule has 4 aromatic rings. The molecule has 32 heteroatoms. The van der Waals surface area contributed by atoms with Gasteiger partial charge in [-0.2, -0.15) is 8.42 Å². The summed E-state index contributed by atoms with van der Waals surface area (Å²) in [5.74, 6) is -4.92. The van der Waals surface area contributed by atoms with Gasteiger partial charge in [-0.15, -0.1) is 0 Å². The molecule has 0 unspecified atom stereocenters. The van der Waals surface area contributed by atoms with Crippen molar-refractivity contribution in [3.63, 3.8) is 0 Å². The van der Waals surface area contributed by atoms with Gasteiger partial charge in [0.15, 0.2) is 0 Å². The molecular formula is C63H78N6O25S. The van der Waals surface area contributed by atoms with Gasteiger partial charge in [0.1, 0.15) is 39.6 Å². The van der Waals surface area contributed by atoms with Crippen LogP contribution in [0, 0.1) is 0 Å². The lowest BCUT2D eigenvalue weighted by molar-refractivity contribution is -0.177. The number of fused-ring (bicyclic) bond motifs is 6. The van der Waals surface area contributed by atoms with Crippen LogP contribution in [0.3, 0.4) is 0 Å². The molecule has 2 saturated heterocycles. The quantitative estimate of drug-likeness (QED) is 0.0167. The smallest absolute Gasteiger partial charge is 0.432 e. The Kier molecular flexibility index (Phi) is 30.5. The number of rotatable bonds is 34. The zero-order chi connectivity index (χ0) is 68.9. The highest BCUT2D eigenvalue weighted by molar-refractivity contribution is 7.85. The monoisotopic (exact) mass is 1350 g/mol. The minimum absolute atomic E-state index is 0.0468. The van der Waals surface area contributed by atoms with E-state index in [1.54, 1.807) is 77.0 Å². The number of hydrogen-bond donors (Lipinski definition) is 5. The van der Waals surface area contributed by atoms with Crippen LogP contribution in [0.25, 0.3) is 22.3 Å². The Labute approximate surface area is 547 Å². The number of benzene rings is 4. The van der Waals surface area contributed by atoms with E-state index in [1.807, 2.05) is 24.3 Å². The molecule has 95 heavy (non-hydrogen) atoms. The summed E-state index contributed by atoms with van der Waals surface area (Å²) in [6.45, 7) is 2.68. The number of hydrogen-bond acceptors (Lipinski definition) is 24. The maximum Gasteiger partial charge on any atom is 0.533 e. The third kappa shape index (κ3) is 24.5. The normalized spacial score (nSPS) is 13.7. The van der Waals surface area contributed by atoms with Crippen LogP contribution >= 0.6 is 0 Å². The average molecular weight is 1350 g/mol. The first-order valence-electron chi connectivity index (χ1n) is 30.0. The van der Waals surface area contributed by atoms with Gasteiger partial charge in [0.05, 0.1) is 6.26 Å². The van der Waals surface area contributed by atoms with E-state index in [4.69, 9.17) is 61.6 Å². The minimum Gasteiger partial charge on any atom is -0.432 e. The van der Waals surface area contributed by atoms with Crippen molar-refractivity contribution in [2.24, 2.45) is 0 Å². The number of imide groups is 2. The van der Waals surface area contributed by atoms with Crippen molar-refractivity contribution in [3.8, 4) is 22.3 Å². The Bertz CT molecular complexity index is 3070. The zero-order valence-electron chi connectivity index (χ0n) is 53.2. The van der Waals surface area contributed by atoms with Crippen molar-refractivity contribution in [1.82, 2.24) is 10.1 Å². The molecule has 2 aliphatic heterocycles. The summed E-state index contributed by atoms with van der Waals surface area (Å²) < 4.78 is 78.1. The van der Waals surface area contributed by atoms with E-state index in [2.05, 4.69) is 21.3 Å². The fraction of sp³-hybridized carbons (Fsp3) is 0.460. The van der Waals surface area contributed by atoms with Crippen LogP contribution < -0.4 is 21.3 Å². The van der Waals surface area contributed by atoms with Crippen molar-refractivity contribution in [1.29, 1.82) is 0 Å². The second-order valence-corrected chi connectivity index (χ2v) is 22.8. The lowest BCUT2D eigenvalue weighted by atomic mass is 9.97. The van der Waals surface area contributed by atoms with E-state index in [-0.39, 0.29) is 89.0 Å². The van der Waals surface area contributed by atoms with Gasteiger partial charge < -0.3 is 68.6 Å². The fourth-order valence-electron chi connectivity index (χ4n) is 9.88. The third-order valence-electron chi connectivity index (χ3n) is 14.0. The molecule has 4 aromatic carbocycles. The van der Waals surface area contributed by atoms with Gasteiger partial charge >= 0.3 is 12.3 Å². The van der Waals surface area contributed by atoms with Crippen LogP contribution in [0.1, 0.15) is 85.5 Å². The Morgan fingerprint density at radius 3 is 0.874 bits per heavy atom. The van der Waals surface area contributed by atoms with Crippen LogP contribution in [0.2, 0.25) is 0 Å². The Balaban J connectivity index is 0.000000281. The third-order valence-corrected chi connectivity index (χ3v) is 14.0. The number of hydroxylamine groups is 4. The highest BCUT2D eigenvalue weighted by Crippen LogP contribution is 2.48. The molecule has 0 spiro atoms. The molecule has 0 radical (unpaired) electrons. The van der Waals surface area contributed by atoms with Crippen LogP contribution in [0.4, 0.5) is 32.3 Å². The Morgan fingerprint density at radius 2 is 0.653 bits per heavy atom. The number of carbonyl (C=O) groups is 10. The van der Waals surface area contributed by atoms with E-state index in [1.165, 1.54) is 0 Å². The summed E-state index contributed by atoms with van der Waals surface area (Å²) in [7, 11) is 2.70. The van der Waals surface area contributed by atoms with Gasteiger partial charge in [0.2, 0.25) is 23.6 Å². The number of carbonyl (C=O) groups excluding carboxylic acids is 10. The fourth-order valence-corrected chi connectivity index (χ4v) is 9.88. The highest BCUT2D eigenvalue weighted by Gasteiger charge is 2.37. The molecule has 2 fully saturated rings. The van der Waals surface area contributed by atoms with Crippen molar-refractivity contribution in [2.75, 3.05) is 148 Å². The van der Waals surface area contributed by atoms with Crippen LogP contribution in [0.15, 0.2) is 72.8 Å². The lowest BCUT2D eigenvalue weighted by Crippen LogP contribution is -2.32. The minimum atomic E-state index is -3.67. The van der Waals surface area contributed by atoms with Gasteiger partial charge in [-0.1, -0.05) is 34.4 Å². The first-order chi connectivity index (χ1) is 45.6. The summed E-state index contributed by atoms with van der Waals surface area (Å²) in [6.07, 6.45) is 0.756. The molecule has 4 aliphatic rings. The van der Waals surface area contributed by atoms with Crippen LogP contribution in [-0.2, 0) is 106 Å². The predicted molar refractivity (Wildman–Crippen MR) is 336 cm³/mol. The summed E-state index contributed by atoms with van der Waals surface area (Å²) in [5.41, 5.74) is 8.36. The van der Waals surface area contributed by atoms with E-state index in [9.17, 15) is 56.4 Å². The first-order valence-corrected chi connectivity index (χ1v) is 31.8. The molecule has 0 atom stereocenters. The molecule has 0 bridgehead atoms. The first kappa shape index (κ1) is 75.2. The van der Waals surface area contributed by atoms with Crippen molar-refractivity contribution in [3.05, 3.63) is 95.1 Å². The van der Waals surface area contributed by atoms with Gasteiger partial charge in [-0.25, -0.2) is 9.59 Å². The van der Waals surface area contributed by atoms with E-state index in [0.29, 0.717) is 118 Å². The number of amides is 8. The number of nitrogens with zero attached hydrogens (tertiary/aromatic N) is 2. The molecule has 31 nitrogen and oxygen atoms in total. The SMILES string of the molecule is COCCCOCC(=O)Nc1ccc2c(c1)C(COC(=O)ON1C(=O)CCC1=O)c1cc(NC(=O)COCCCOC)ccc1-2.COCCCOCC(=O)Nc1ccc2c(c1)C(COC(=O)ON1C(=O)CCC1=O)c1cc(NC(=O)COCCCOC)ccc1-2.CS(=O)(=O)O. The molecule has 0 aromatic heterocycles. The molecule has 0 saturated carbocycles. The van der Waals surface area contributed by atoms with Crippen LogP contribution in [-0.4, -0.2) is 210 Å². The van der Waals surface area contributed by atoms with E-state index >= 15 is 0 Å². The Morgan fingerprint density at radius 1 is 0.421 bits per heavy atom. The maximum atomic E-state index is 12.5. The summed E-state index contributed by atoms with van der Waals surface area (Å²) in [4.78, 5) is 132. The van der Waals surface area contributed by atoms with Gasteiger partial charge in [-0.05, 0) is 119 Å². The predicted octanol–water partition coefficient (Wildman–Crippen LogP) is 5.50. The van der Waals surface area contributed by atoms with Crippen molar-refractivity contribution in [2.45, 2.75) is 63.2 Å². The summed E-state index contributed by atoms with van der Waals surface area (Å²) in [5, 5.41) is 12.1. The summed E-state index contributed by atoms with van der Waals surface area (Å²) >= 11 is 0. The van der Waals surface area contributed by atoms with Gasteiger partial charge in [0.25, 0.3) is 33.7 Å². The number of methoxy groups -OCH3 is 4. The molecule has 8 amide bonds. The summed E-state index contributed by atoms with van der Waals surface area (Å²) in [6, 6.07) is 21.5. The molecule has 2 heterocycles. The van der Waals surface area contributed by atoms with E-state index < -0.39 is 57.9 Å². The Hall–Kier alpha value is -8.83. The molecule has 5 N–H and O–H groups in total. The topological polar surface area (TPSA) is 390 Å². The van der Waals surface area contributed by atoms with Crippen molar-refractivity contribution >= 4 is 92.4 Å². The molecule has 2 aliphatic carbocycles. The number of nitrogens with one attached hydrogen (secondary N) is 4. The number of ether oxygens (including phenoxy) is 10. The van der Waals surface area contributed by atoms with Crippen LogP contribution in [0.5, 0.6) is 0 Å².